The average Bonchev–Trinajstić information content (AvgIpc) is 2.48. The van der Waals surface area contributed by atoms with Gasteiger partial charge in [0.1, 0.15) is 11.5 Å². The number of H-pyrrole nitrogens is 1. The molecule has 6 nitrogen and oxygen atoms in total. The zero-order valence-electron chi connectivity index (χ0n) is 11.3. The van der Waals surface area contributed by atoms with Gasteiger partial charge in [0.05, 0.1) is 18.0 Å². The van der Waals surface area contributed by atoms with E-state index in [1.165, 1.54) is 0 Å². The Balaban J connectivity index is 2.01. The number of aromatic amines is 1. The molecule has 3 N–H and O–H groups in total. The van der Waals surface area contributed by atoms with Crippen molar-refractivity contribution in [2.45, 2.75) is 0 Å². The SMILES string of the molecule is COc1cccc(Oc2nc3ccc(N)cc3c(=O)[nH]2)c1. The molecule has 3 rings (SSSR count). The third-order valence-corrected chi connectivity index (χ3v) is 2.96. The van der Waals surface area contributed by atoms with Gasteiger partial charge in [-0.15, -0.1) is 0 Å². The summed E-state index contributed by atoms with van der Waals surface area (Å²) < 4.78 is 10.7. The first-order valence-corrected chi connectivity index (χ1v) is 6.27. The Hall–Kier alpha value is -3.02. The van der Waals surface area contributed by atoms with Crippen LogP contribution in [0.15, 0.2) is 47.3 Å². The highest BCUT2D eigenvalue weighted by Gasteiger charge is 2.06. The van der Waals surface area contributed by atoms with E-state index >= 15 is 0 Å². The number of nitrogens with two attached hydrogens (primary N) is 1. The second-order valence-corrected chi connectivity index (χ2v) is 4.43. The van der Waals surface area contributed by atoms with Crippen molar-refractivity contribution in [3.05, 3.63) is 52.8 Å². The summed E-state index contributed by atoms with van der Waals surface area (Å²) in [6.07, 6.45) is 0. The first kappa shape index (κ1) is 13.0. The molecule has 0 unspecified atom stereocenters. The van der Waals surface area contributed by atoms with Gasteiger partial charge < -0.3 is 15.2 Å². The Morgan fingerprint density at radius 1 is 1.14 bits per heavy atom. The number of hydrogen-bond donors (Lipinski definition) is 2. The molecule has 0 saturated heterocycles. The molecule has 106 valence electrons. The topological polar surface area (TPSA) is 90.2 Å². The van der Waals surface area contributed by atoms with Crippen molar-refractivity contribution in [1.29, 1.82) is 0 Å². The molecule has 0 fully saturated rings. The fraction of sp³-hybridized carbons (Fsp3) is 0.0667. The van der Waals surface area contributed by atoms with E-state index in [2.05, 4.69) is 9.97 Å². The molecule has 6 heteroatoms. The summed E-state index contributed by atoms with van der Waals surface area (Å²) in [4.78, 5) is 18.8. The van der Waals surface area contributed by atoms with Gasteiger partial charge in [-0.3, -0.25) is 9.78 Å². The van der Waals surface area contributed by atoms with Crippen LogP contribution in [-0.2, 0) is 0 Å². The predicted molar refractivity (Wildman–Crippen MR) is 79.8 cm³/mol. The van der Waals surface area contributed by atoms with Gasteiger partial charge >= 0.3 is 6.01 Å². The van der Waals surface area contributed by atoms with Gasteiger partial charge in [-0.05, 0) is 30.3 Å². The minimum Gasteiger partial charge on any atom is -0.497 e. The Kier molecular flexibility index (Phi) is 3.19. The second-order valence-electron chi connectivity index (χ2n) is 4.43. The summed E-state index contributed by atoms with van der Waals surface area (Å²) >= 11 is 0. The molecule has 0 atom stereocenters. The molecular weight excluding hydrogens is 270 g/mol. The third kappa shape index (κ3) is 2.64. The lowest BCUT2D eigenvalue weighted by Crippen LogP contribution is -2.09. The van der Waals surface area contributed by atoms with Gasteiger partial charge in [0.25, 0.3) is 5.56 Å². The van der Waals surface area contributed by atoms with Gasteiger partial charge in [0.15, 0.2) is 0 Å². The number of fused-ring (bicyclic) bond motifs is 1. The number of rotatable bonds is 3. The van der Waals surface area contributed by atoms with E-state index in [0.717, 1.165) is 0 Å². The number of benzene rings is 2. The number of nitrogens with one attached hydrogen (secondary N) is 1. The van der Waals surface area contributed by atoms with E-state index < -0.39 is 0 Å². The highest BCUT2D eigenvalue weighted by molar-refractivity contribution is 5.81. The van der Waals surface area contributed by atoms with Crippen LogP contribution >= 0.6 is 0 Å². The summed E-state index contributed by atoms with van der Waals surface area (Å²) in [7, 11) is 1.57. The molecule has 0 aliphatic heterocycles. The number of nitrogens with zero attached hydrogens (tertiary/aromatic N) is 1. The maximum absolute atomic E-state index is 12.0. The first-order valence-electron chi connectivity index (χ1n) is 6.27. The van der Waals surface area contributed by atoms with Gasteiger partial charge in [-0.25, -0.2) is 0 Å². The van der Waals surface area contributed by atoms with Crippen molar-refractivity contribution in [2.24, 2.45) is 0 Å². The minimum atomic E-state index is -0.301. The number of nitrogen functional groups attached to an aromatic ring is 1. The van der Waals surface area contributed by atoms with Gasteiger partial charge in [-0.2, -0.15) is 4.98 Å². The van der Waals surface area contributed by atoms with Crippen molar-refractivity contribution >= 4 is 16.6 Å². The van der Waals surface area contributed by atoms with Gasteiger partial charge in [0.2, 0.25) is 0 Å². The van der Waals surface area contributed by atoms with Crippen molar-refractivity contribution in [1.82, 2.24) is 9.97 Å². The molecule has 0 radical (unpaired) electrons. The summed E-state index contributed by atoms with van der Waals surface area (Å²) in [6, 6.07) is 12.1. The molecular formula is C15H13N3O3. The maximum atomic E-state index is 12.0. The number of aromatic nitrogens is 2. The predicted octanol–water partition coefficient (Wildman–Crippen LogP) is 2.31. The Labute approximate surface area is 120 Å². The Morgan fingerprint density at radius 2 is 1.95 bits per heavy atom. The molecule has 0 amide bonds. The van der Waals surface area contributed by atoms with Crippen molar-refractivity contribution < 1.29 is 9.47 Å². The fourth-order valence-corrected chi connectivity index (χ4v) is 1.96. The van der Waals surface area contributed by atoms with E-state index in [4.69, 9.17) is 15.2 Å². The number of hydrogen-bond acceptors (Lipinski definition) is 5. The van der Waals surface area contributed by atoms with Crippen molar-refractivity contribution in [3.63, 3.8) is 0 Å². The number of anilines is 1. The number of methoxy groups -OCH3 is 1. The molecule has 1 aromatic heterocycles. The van der Waals surface area contributed by atoms with E-state index in [9.17, 15) is 4.79 Å². The zero-order valence-corrected chi connectivity index (χ0v) is 11.3. The van der Waals surface area contributed by atoms with Gasteiger partial charge in [-0.1, -0.05) is 6.07 Å². The summed E-state index contributed by atoms with van der Waals surface area (Å²) in [6.45, 7) is 0. The summed E-state index contributed by atoms with van der Waals surface area (Å²) in [5.74, 6) is 1.18. The van der Waals surface area contributed by atoms with Gasteiger partial charge in [0, 0.05) is 11.8 Å². The molecule has 1 heterocycles. The van der Waals surface area contributed by atoms with Crippen LogP contribution in [0.3, 0.4) is 0 Å². The quantitative estimate of drug-likeness (QED) is 0.720. The largest absolute Gasteiger partial charge is 0.497 e. The molecule has 2 aromatic carbocycles. The normalized spacial score (nSPS) is 10.5. The lowest BCUT2D eigenvalue weighted by Gasteiger charge is -2.07. The minimum absolute atomic E-state index is 0.116. The van der Waals surface area contributed by atoms with E-state index in [1.807, 2.05) is 0 Å². The molecule has 0 bridgehead atoms. The smallest absolute Gasteiger partial charge is 0.302 e. The molecule has 0 saturated carbocycles. The maximum Gasteiger partial charge on any atom is 0.302 e. The van der Waals surface area contributed by atoms with Crippen LogP contribution in [0.1, 0.15) is 0 Å². The van der Waals surface area contributed by atoms with E-state index in [1.54, 1.807) is 49.6 Å². The zero-order chi connectivity index (χ0) is 14.8. The molecule has 0 aliphatic rings. The molecule has 3 aromatic rings. The summed E-state index contributed by atoms with van der Waals surface area (Å²) in [5.41, 5.74) is 6.39. The monoisotopic (exact) mass is 283 g/mol. The van der Waals surface area contributed by atoms with Crippen LogP contribution in [0, 0.1) is 0 Å². The summed E-state index contributed by atoms with van der Waals surface area (Å²) in [5, 5.41) is 0.424. The lowest BCUT2D eigenvalue weighted by atomic mass is 10.2. The van der Waals surface area contributed by atoms with Crippen LogP contribution in [0.25, 0.3) is 10.9 Å². The fourth-order valence-electron chi connectivity index (χ4n) is 1.96. The standard InChI is InChI=1S/C15H13N3O3/c1-20-10-3-2-4-11(8-10)21-15-17-13-6-5-9(16)7-12(13)14(19)18-15/h2-8H,16H2,1H3,(H,17,18,19). The van der Waals surface area contributed by atoms with Crippen LogP contribution in [0.2, 0.25) is 0 Å². The Morgan fingerprint density at radius 3 is 2.76 bits per heavy atom. The Bertz CT molecular complexity index is 858. The van der Waals surface area contributed by atoms with Crippen LogP contribution in [-0.4, -0.2) is 17.1 Å². The van der Waals surface area contributed by atoms with Crippen molar-refractivity contribution in [3.8, 4) is 17.5 Å². The van der Waals surface area contributed by atoms with Crippen molar-refractivity contribution in [2.75, 3.05) is 12.8 Å². The highest BCUT2D eigenvalue weighted by Crippen LogP contribution is 2.23. The lowest BCUT2D eigenvalue weighted by molar-refractivity contribution is 0.404. The van der Waals surface area contributed by atoms with E-state index in [-0.39, 0.29) is 11.6 Å². The highest BCUT2D eigenvalue weighted by atomic mass is 16.5. The van der Waals surface area contributed by atoms with Crippen LogP contribution in [0.4, 0.5) is 5.69 Å². The third-order valence-electron chi connectivity index (χ3n) is 2.96. The first-order chi connectivity index (χ1) is 10.2. The van der Waals surface area contributed by atoms with E-state index in [0.29, 0.717) is 28.1 Å². The number of ether oxygens (including phenoxy) is 2. The molecule has 21 heavy (non-hydrogen) atoms. The van der Waals surface area contributed by atoms with Crippen LogP contribution in [0.5, 0.6) is 17.5 Å². The molecule has 0 aliphatic carbocycles. The van der Waals surface area contributed by atoms with Crippen LogP contribution < -0.4 is 20.8 Å². The second kappa shape index (κ2) is 5.16. The average molecular weight is 283 g/mol. The molecule has 0 spiro atoms.